The Balaban J connectivity index is 0.00000261. The van der Waals surface area contributed by atoms with E-state index < -0.39 is 0 Å². The second-order valence-electron chi connectivity index (χ2n) is 7.44. The van der Waals surface area contributed by atoms with Crippen molar-refractivity contribution in [2.45, 2.75) is 51.5 Å². The number of aromatic nitrogens is 2. The van der Waals surface area contributed by atoms with Crippen LogP contribution in [0.3, 0.4) is 0 Å². The molecule has 0 spiro atoms. The van der Waals surface area contributed by atoms with E-state index in [1.54, 1.807) is 0 Å². The lowest BCUT2D eigenvalue weighted by Gasteiger charge is -2.22. The van der Waals surface area contributed by atoms with Crippen molar-refractivity contribution in [3.63, 3.8) is 0 Å². The average Bonchev–Trinajstić information content (AvgIpc) is 3.16. The number of aryl methyl sites for hydroxylation is 1. The van der Waals surface area contributed by atoms with Crippen LogP contribution in [0.4, 0.5) is 0 Å². The topological polar surface area (TPSA) is 59.0 Å². The third kappa shape index (κ3) is 6.08. The monoisotopic (exact) mass is 390 g/mol. The molecule has 6 heteroatoms. The number of rotatable bonds is 7. The van der Waals surface area contributed by atoms with Crippen LogP contribution >= 0.6 is 12.4 Å². The lowest BCUT2D eigenvalue weighted by Crippen LogP contribution is -2.32. The minimum atomic E-state index is -0.0809. The summed E-state index contributed by atoms with van der Waals surface area (Å²) in [4.78, 5) is 12.3. The molecule has 1 atom stereocenters. The van der Waals surface area contributed by atoms with Crippen molar-refractivity contribution < 1.29 is 4.79 Å². The van der Waals surface area contributed by atoms with Crippen LogP contribution in [0.2, 0.25) is 0 Å². The second kappa shape index (κ2) is 10.5. The van der Waals surface area contributed by atoms with Crippen LogP contribution in [0.1, 0.15) is 66.7 Å². The van der Waals surface area contributed by atoms with Gasteiger partial charge in [0, 0.05) is 19.3 Å². The molecule has 1 unspecified atom stereocenters. The Hall–Kier alpha value is -1.85. The van der Waals surface area contributed by atoms with Gasteiger partial charge in [-0.1, -0.05) is 38.1 Å². The number of hydrogen-bond donors (Lipinski definition) is 2. The van der Waals surface area contributed by atoms with Crippen LogP contribution in [0, 0.1) is 0 Å². The Labute approximate surface area is 168 Å². The molecule has 0 aliphatic carbocycles. The maximum absolute atomic E-state index is 12.3. The van der Waals surface area contributed by atoms with Gasteiger partial charge in [-0.2, -0.15) is 5.10 Å². The molecule has 1 saturated heterocycles. The number of hydrogen-bond acceptors (Lipinski definition) is 3. The highest BCUT2D eigenvalue weighted by Gasteiger charge is 2.17. The fraction of sp³-hybridized carbons (Fsp3) is 0.524. The summed E-state index contributed by atoms with van der Waals surface area (Å²) in [6.45, 7) is 7.08. The highest BCUT2D eigenvalue weighted by Crippen LogP contribution is 2.16. The van der Waals surface area contributed by atoms with Crippen molar-refractivity contribution in [3.8, 4) is 0 Å². The van der Waals surface area contributed by atoms with Gasteiger partial charge in [0.15, 0.2) is 0 Å². The molecule has 0 bridgehead atoms. The first-order valence-corrected chi connectivity index (χ1v) is 9.76. The number of halogens is 1. The zero-order valence-electron chi connectivity index (χ0n) is 16.3. The van der Waals surface area contributed by atoms with Gasteiger partial charge in [0.1, 0.15) is 5.69 Å². The molecule has 1 aromatic carbocycles. The van der Waals surface area contributed by atoms with Gasteiger partial charge in [-0.3, -0.25) is 9.48 Å². The third-order valence-corrected chi connectivity index (χ3v) is 5.06. The summed E-state index contributed by atoms with van der Waals surface area (Å²) in [6, 6.07) is 11.0. The van der Waals surface area contributed by atoms with Gasteiger partial charge in [-0.05, 0) is 55.3 Å². The molecule has 1 aliphatic heterocycles. The fourth-order valence-corrected chi connectivity index (χ4v) is 3.38. The Bertz CT molecular complexity index is 705. The molecule has 3 rings (SSSR count). The van der Waals surface area contributed by atoms with Crippen molar-refractivity contribution >= 4 is 18.3 Å². The first kappa shape index (κ1) is 21.5. The number of nitrogens with zero attached hydrogens (tertiary/aromatic N) is 2. The Kier molecular flexibility index (Phi) is 8.32. The van der Waals surface area contributed by atoms with E-state index in [2.05, 4.69) is 53.8 Å². The molecule has 2 aromatic rings. The van der Waals surface area contributed by atoms with E-state index in [1.807, 2.05) is 16.9 Å². The largest absolute Gasteiger partial charge is 0.351 e. The van der Waals surface area contributed by atoms with E-state index in [1.165, 1.54) is 11.1 Å². The number of benzene rings is 1. The third-order valence-electron chi connectivity index (χ3n) is 5.06. The summed E-state index contributed by atoms with van der Waals surface area (Å²) in [7, 11) is 0. The molecular formula is C21H31ClN4O. The van der Waals surface area contributed by atoms with Gasteiger partial charge in [-0.25, -0.2) is 0 Å². The lowest BCUT2D eigenvalue weighted by atomic mass is 10.0. The highest BCUT2D eigenvalue weighted by atomic mass is 35.5. The van der Waals surface area contributed by atoms with Crippen LogP contribution in [0.5, 0.6) is 0 Å². The zero-order chi connectivity index (χ0) is 18.4. The van der Waals surface area contributed by atoms with Crippen LogP contribution < -0.4 is 10.6 Å². The molecule has 1 aromatic heterocycles. The van der Waals surface area contributed by atoms with Gasteiger partial charge >= 0.3 is 0 Å². The van der Waals surface area contributed by atoms with Gasteiger partial charge < -0.3 is 10.6 Å². The minimum Gasteiger partial charge on any atom is -0.351 e. The molecule has 2 heterocycles. The van der Waals surface area contributed by atoms with Crippen molar-refractivity contribution in [2.75, 3.05) is 19.6 Å². The summed E-state index contributed by atoms with van der Waals surface area (Å²) in [5.41, 5.74) is 3.19. The standard InChI is InChI=1S/C21H30N4O.ClH/c1-16(2)18-9-7-17(8-10-18)5-3-13-23-21(26)20-11-14-25(24-20)19-6-4-12-22-15-19;/h7-11,14,16,19,22H,3-6,12-13,15H2,1-2H3,(H,23,26);1H. The molecule has 1 fully saturated rings. The molecular weight excluding hydrogens is 360 g/mol. The summed E-state index contributed by atoms with van der Waals surface area (Å²) in [5, 5.41) is 10.8. The maximum atomic E-state index is 12.3. The summed E-state index contributed by atoms with van der Waals surface area (Å²) >= 11 is 0. The molecule has 1 amide bonds. The molecule has 148 valence electrons. The quantitative estimate of drug-likeness (QED) is 0.708. The number of amides is 1. The second-order valence-corrected chi connectivity index (χ2v) is 7.44. The van der Waals surface area contributed by atoms with Crippen LogP contribution in [-0.4, -0.2) is 35.3 Å². The number of carbonyl (C=O) groups is 1. The van der Waals surface area contributed by atoms with E-state index in [0.29, 0.717) is 24.2 Å². The zero-order valence-corrected chi connectivity index (χ0v) is 17.1. The van der Waals surface area contributed by atoms with Crippen molar-refractivity contribution in [1.82, 2.24) is 20.4 Å². The summed E-state index contributed by atoms with van der Waals surface area (Å²) in [6.07, 6.45) is 6.10. The predicted octanol–water partition coefficient (Wildman–Crippen LogP) is 3.72. The molecule has 1 aliphatic rings. The number of carbonyl (C=O) groups excluding carboxylic acids is 1. The Morgan fingerprint density at radius 1 is 1.30 bits per heavy atom. The Morgan fingerprint density at radius 2 is 2.07 bits per heavy atom. The molecule has 0 saturated carbocycles. The summed E-state index contributed by atoms with van der Waals surface area (Å²) in [5.74, 6) is 0.482. The predicted molar refractivity (Wildman–Crippen MR) is 112 cm³/mol. The number of nitrogens with one attached hydrogen (secondary N) is 2. The lowest BCUT2D eigenvalue weighted by molar-refractivity contribution is 0.0947. The average molecular weight is 391 g/mol. The van der Waals surface area contributed by atoms with Gasteiger partial charge in [0.2, 0.25) is 0 Å². The first-order chi connectivity index (χ1) is 12.6. The molecule has 27 heavy (non-hydrogen) atoms. The Morgan fingerprint density at radius 3 is 2.74 bits per heavy atom. The first-order valence-electron chi connectivity index (χ1n) is 9.76. The fourth-order valence-electron chi connectivity index (χ4n) is 3.38. The molecule has 0 radical (unpaired) electrons. The molecule has 2 N–H and O–H groups in total. The van der Waals surface area contributed by atoms with E-state index in [9.17, 15) is 4.79 Å². The van der Waals surface area contributed by atoms with Gasteiger partial charge in [-0.15, -0.1) is 12.4 Å². The van der Waals surface area contributed by atoms with Crippen LogP contribution in [-0.2, 0) is 6.42 Å². The van der Waals surface area contributed by atoms with Gasteiger partial charge in [0.05, 0.1) is 6.04 Å². The summed E-state index contributed by atoms with van der Waals surface area (Å²) < 4.78 is 1.93. The van der Waals surface area contributed by atoms with Crippen LogP contribution in [0.25, 0.3) is 0 Å². The highest BCUT2D eigenvalue weighted by molar-refractivity contribution is 5.92. The van der Waals surface area contributed by atoms with E-state index in [-0.39, 0.29) is 18.3 Å². The van der Waals surface area contributed by atoms with Gasteiger partial charge in [0.25, 0.3) is 5.91 Å². The van der Waals surface area contributed by atoms with E-state index in [0.717, 1.165) is 38.8 Å². The molecule has 5 nitrogen and oxygen atoms in total. The minimum absolute atomic E-state index is 0. The van der Waals surface area contributed by atoms with E-state index in [4.69, 9.17) is 0 Å². The normalized spacial score (nSPS) is 16.8. The van der Waals surface area contributed by atoms with Crippen molar-refractivity contribution in [2.24, 2.45) is 0 Å². The SMILES string of the molecule is CC(C)c1ccc(CCCNC(=O)c2ccn(C3CCCNC3)n2)cc1.Cl. The van der Waals surface area contributed by atoms with E-state index >= 15 is 0 Å². The van der Waals surface area contributed by atoms with Crippen molar-refractivity contribution in [1.29, 1.82) is 0 Å². The van der Waals surface area contributed by atoms with Crippen LogP contribution in [0.15, 0.2) is 36.5 Å². The maximum Gasteiger partial charge on any atom is 0.271 e. The number of piperidine rings is 1. The smallest absolute Gasteiger partial charge is 0.271 e. The van der Waals surface area contributed by atoms with Crippen molar-refractivity contribution in [3.05, 3.63) is 53.3 Å².